The molecule has 1 rings (SSSR count). The molecule has 6 heteroatoms. The number of nitrogens with zero attached hydrogens (tertiary/aromatic N) is 1. The topological polar surface area (TPSA) is 75.4 Å². The van der Waals surface area contributed by atoms with Crippen LogP contribution in [0.3, 0.4) is 0 Å². The number of likely N-dealkylation sites (N-methyl/N-ethyl adjacent to an activating group) is 1. The van der Waals surface area contributed by atoms with Crippen molar-refractivity contribution in [3.05, 3.63) is 28.2 Å². The summed E-state index contributed by atoms with van der Waals surface area (Å²) in [5.41, 5.74) is 6.93. The summed E-state index contributed by atoms with van der Waals surface area (Å²) in [4.78, 5) is 26.3. The summed E-state index contributed by atoms with van der Waals surface area (Å²) in [5, 5.41) is 2.84. The van der Waals surface area contributed by atoms with E-state index in [4.69, 9.17) is 5.73 Å². The van der Waals surface area contributed by atoms with Crippen molar-refractivity contribution in [2.24, 2.45) is 11.1 Å². The average Bonchev–Trinajstić information content (AvgIpc) is 2.52. The molecule has 0 fully saturated rings. The summed E-state index contributed by atoms with van der Waals surface area (Å²) >= 11 is 3.39. The Hall–Kier alpha value is -1.40. The third kappa shape index (κ3) is 4.78. The number of amides is 2. The van der Waals surface area contributed by atoms with Crippen molar-refractivity contribution in [1.29, 1.82) is 0 Å². The number of hydrogen-bond donors (Lipinski definition) is 2. The number of nitrogens with one attached hydrogen (secondary N) is 1. The van der Waals surface area contributed by atoms with E-state index >= 15 is 0 Å². The fourth-order valence-corrected chi connectivity index (χ4v) is 3.05. The number of carbonyl (C=O) groups is 2. The van der Waals surface area contributed by atoms with E-state index < -0.39 is 5.41 Å². The van der Waals surface area contributed by atoms with Crippen LogP contribution >= 0.6 is 15.9 Å². The van der Waals surface area contributed by atoms with Crippen LogP contribution in [0.4, 0.5) is 5.69 Å². The Kier molecular flexibility index (Phi) is 7.22. The highest BCUT2D eigenvalue weighted by atomic mass is 79.9. The second-order valence-electron chi connectivity index (χ2n) is 5.86. The van der Waals surface area contributed by atoms with E-state index in [0.717, 1.165) is 15.7 Å². The molecule has 5 nitrogen and oxygen atoms in total. The summed E-state index contributed by atoms with van der Waals surface area (Å²) in [7, 11) is 1.64. The Morgan fingerprint density at radius 1 is 1.30 bits per heavy atom. The van der Waals surface area contributed by atoms with Gasteiger partial charge < -0.3 is 16.0 Å². The van der Waals surface area contributed by atoms with Gasteiger partial charge in [0.05, 0.1) is 12.0 Å². The number of hydrogen-bond acceptors (Lipinski definition) is 3. The molecule has 0 radical (unpaired) electrons. The van der Waals surface area contributed by atoms with Crippen molar-refractivity contribution in [1.82, 2.24) is 4.90 Å². The lowest BCUT2D eigenvalue weighted by Crippen LogP contribution is -2.48. The SMILES string of the molecule is CCC(CC)(CN)C(=O)N(C)CC(=O)Nc1ccc(Br)cc1C. The fraction of sp³-hybridized carbons (Fsp3) is 0.529. The van der Waals surface area contributed by atoms with Gasteiger partial charge in [0.15, 0.2) is 0 Å². The third-order valence-corrected chi connectivity index (χ3v) is 4.88. The number of aryl methyl sites for hydroxylation is 1. The molecule has 2 amide bonds. The predicted molar refractivity (Wildman–Crippen MR) is 97.2 cm³/mol. The van der Waals surface area contributed by atoms with E-state index in [9.17, 15) is 9.59 Å². The van der Waals surface area contributed by atoms with Crippen molar-refractivity contribution in [3.63, 3.8) is 0 Å². The maximum atomic E-state index is 12.6. The first-order valence-electron chi connectivity index (χ1n) is 7.81. The molecule has 3 N–H and O–H groups in total. The highest BCUT2D eigenvalue weighted by Crippen LogP contribution is 2.27. The van der Waals surface area contributed by atoms with E-state index in [-0.39, 0.29) is 24.9 Å². The molecular formula is C17H26BrN3O2. The Bertz CT molecular complexity index is 563. The summed E-state index contributed by atoms with van der Waals surface area (Å²) < 4.78 is 0.957. The lowest BCUT2D eigenvalue weighted by Gasteiger charge is -2.33. The lowest BCUT2D eigenvalue weighted by atomic mass is 9.81. The first-order valence-corrected chi connectivity index (χ1v) is 8.60. The highest BCUT2D eigenvalue weighted by molar-refractivity contribution is 9.10. The zero-order chi connectivity index (χ0) is 17.6. The van der Waals surface area contributed by atoms with Gasteiger partial charge in [0.25, 0.3) is 0 Å². The Morgan fingerprint density at radius 2 is 1.91 bits per heavy atom. The van der Waals surface area contributed by atoms with Gasteiger partial charge >= 0.3 is 0 Å². The molecule has 0 aliphatic carbocycles. The third-order valence-electron chi connectivity index (χ3n) is 4.39. The number of rotatable bonds is 7. The van der Waals surface area contributed by atoms with Gasteiger partial charge in [0.2, 0.25) is 11.8 Å². The predicted octanol–water partition coefficient (Wildman–Crippen LogP) is 2.92. The van der Waals surface area contributed by atoms with E-state index in [1.165, 1.54) is 4.90 Å². The molecule has 0 atom stereocenters. The first-order chi connectivity index (χ1) is 10.8. The summed E-state index contributed by atoms with van der Waals surface area (Å²) in [6.45, 7) is 6.12. The smallest absolute Gasteiger partial charge is 0.243 e. The van der Waals surface area contributed by atoms with Crippen molar-refractivity contribution < 1.29 is 9.59 Å². The Labute approximate surface area is 146 Å². The van der Waals surface area contributed by atoms with Crippen LogP contribution in [-0.4, -0.2) is 36.9 Å². The fourth-order valence-electron chi connectivity index (χ4n) is 2.58. The van der Waals surface area contributed by atoms with E-state index in [1.54, 1.807) is 7.05 Å². The molecule has 128 valence electrons. The van der Waals surface area contributed by atoms with Crippen molar-refractivity contribution >= 4 is 33.4 Å². The minimum absolute atomic E-state index is 0.0100. The van der Waals surface area contributed by atoms with E-state index in [0.29, 0.717) is 12.8 Å². The number of nitrogens with two attached hydrogens (primary N) is 1. The van der Waals surface area contributed by atoms with Crippen molar-refractivity contribution in [2.45, 2.75) is 33.6 Å². The zero-order valence-corrected chi connectivity index (χ0v) is 15.9. The molecule has 0 spiro atoms. The van der Waals surface area contributed by atoms with Gasteiger partial charge in [-0.15, -0.1) is 0 Å². The monoisotopic (exact) mass is 383 g/mol. The maximum absolute atomic E-state index is 12.6. The molecule has 0 saturated carbocycles. The number of benzene rings is 1. The summed E-state index contributed by atoms with van der Waals surface area (Å²) in [6, 6.07) is 5.63. The zero-order valence-electron chi connectivity index (χ0n) is 14.3. The van der Waals surface area contributed by atoms with Crippen molar-refractivity contribution in [3.8, 4) is 0 Å². The largest absolute Gasteiger partial charge is 0.336 e. The quantitative estimate of drug-likeness (QED) is 0.759. The second-order valence-corrected chi connectivity index (χ2v) is 6.78. The van der Waals surface area contributed by atoms with Gasteiger partial charge in [-0.1, -0.05) is 29.8 Å². The summed E-state index contributed by atoms with van der Waals surface area (Å²) in [5.74, 6) is -0.294. The molecule has 0 unspecified atom stereocenters. The molecule has 1 aromatic rings. The Balaban J connectivity index is 2.74. The molecule has 0 saturated heterocycles. The number of halogens is 1. The van der Waals surface area contributed by atoms with Crippen LogP contribution in [-0.2, 0) is 9.59 Å². The minimum atomic E-state index is -0.581. The van der Waals surface area contributed by atoms with Gasteiger partial charge in [0.1, 0.15) is 0 Å². The average molecular weight is 384 g/mol. The second kappa shape index (κ2) is 8.45. The maximum Gasteiger partial charge on any atom is 0.243 e. The standard InChI is InChI=1S/C17H26BrN3O2/c1-5-17(6-2,11-19)16(23)21(4)10-15(22)20-14-8-7-13(18)9-12(14)3/h7-9H,5-6,10-11,19H2,1-4H3,(H,20,22). The first kappa shape index (κ1) is 19.6. The number of anilines is 1. The van der Waals surface area contributed by atoms with Crippen LogP contribution in [0.1, 0.15) is 32.3 Å². The minimum Gasteiger partial charge on any atom is -0.336 e. The number of carbonyl (C=O) groups excluding carboxylic acids is 2. The van der Waals surface area contributed by atoms with Gasteiger partial charge in [-0.3, -0.25) is 9.59 Å². The van der Waals surface area contributed by atoms with E-state index in [2.05, 4.69) is 21.2 Å². The molecule has 0 aliphatic heterocycles. The van der Waals surface area contributed by atoms with Crippen LogP contribution in [0.25, 0.3) is 0 Å². The van der Waals surface area contributed by atoms with Crippen LogP contribution in [0, 0.1) is 12.3 Å². The molecule has 0 aromatic heterocycles. The van der Waals surface area contributed by atoms with Gasteiger partial charge in [-0.2, -0.15) is 0 Å². The normalized spacial score (nSPS) is 11.2. The van der Waals surface area contributed by atoms with Crippen LogP contribution in [0.5, 0.6) is 0 Å². The van der Waals surface area contributed by atoms with Crippen LogP contribution in [0.15, 0.2) is 22.7 Å². The molecule has 0 heterocycles. The van der Waals surface area contributed by atoms with Crippen LogP contribution < -0.4 is 11.1 Å². The van der Waals surface area contributed by atoms with Crippen molar-refractivity contribution in [2.75, 3.05) is 25.5 Å². The lowest BCUT2D eigenvalue weighted by molar-refractivity contribution is -0.142. The highest BCUT2D eigenvalue weighted by Gasteiger charge is 2.36. The van der Waals surface area contributed by atoms with Gasteiger partial charge in [-0.05, 0) is 43.5 Å². The van der Waals surface area contributed by atoms with Gasteiger partial charge in [-0.25, -0.2) is 0 Å². The van der Waals surface area contributed by atoms with E-state index in [1.807, 2.05) is 39.0 Å². The molecule has 0 bridgehead atoms. The summed E-state index contributed by atoms with van der Waals surface area (Å²) in [6.07, 6.45) is 1.33. The molecule has 1 aromatic carbocycles. The molecule has 0 aliphatic rings. The molecular weight excluding hydrogens is 358 g/mol. The van der Waals surface area contributed by atoms with Gasteiger partial charge in [0, 0.05) is 23.8 Å². The van der Waals surface area contributed by atoms with Crippen LogP contribution in [0.2, 0.25) is 0 Å². The molecule has 23 heavy (non-hydrogen) atoms. The Morgan fingerprint density at radius 3 is 2.39 bits per heavy atom.